The van der Waals surface area contributed by atoms with Crippen LogP contribution in [-0.4, -0.2) is 52.9 Å². The number of carbonyl (C=O) groups is 1. The highest BCUT2D eigenvalue weighted by Crippen LogP contribution is 2.37. The molecule has 7 nitrogen and oxygen atoms in total. The molecule has 0 radical (unpaired) electrons. The molecule has 1 aliphatic rings. The third-order valence-corrected chi connectivity index (χ3v) is 7.34. The number of carboxylic acid groups (broad SMARTS) is 1. The normalized spacial score (nSPS) is 15.8. The average molecular weight is 469 g/mol. The third-order valence-electron chi connectivity index (χ3n) is 6.26. The Labute approximate surface area is 198 Å². The number of hydrogen-bond donors (Lipinski definition) is 4. The summed E-state index contributed by atoms with van der Waals surface area (Å²) >= 11 is 1.16. The van der Waals surface area contributed by atoms with Crippen molar-refractivity contribution in [2.75, 3.05) is 30.3 Å². The topological polar surface area (TPSA) is 112 Å². The fourth-order valence-corrected chi connectivity index (χ4v) is 5.52. The molecule has 1 unspecified atom stereocenters. The molecular formula is C25H32N4O3S. The van der Waals surface area contributed by atoms with E-state index in [1.807, 2.05) is 30.3 Å². The summed E-state index contributed by atoms with van der Waals surface area (Å²) in [4.78, 5) is 19.5. The van der Waals surface area contributed by atoms with E-state index >= 15 is 0 Å². The summed E-state index contributed by atoms with van der Waals surface area (Å²) in [5.74, 6) is -0.104. The maximum Gasteiger partial charge on any atom is 0.348 e. The SMILES string of the molecule is CCCc1cc(N2CCC(NCC(O)Cc3ccccc3)CC2)nc2sc(C(=O)O)c(N)c12. The molecule has 5 N–H and O–H groups in total. The number of benzene rings is 1. The van der Waals surface area contributed by atoms with Gasteiger partial charge in [-0.15, -0.1) is 11.3 Å². The van der Waals surface area contributed by atoms with Crippen molar-refractivity contribution in [2.45, 2.75) is 51.2 Å². The molecule has 1 aromatic carbocycles. The Kier molecular flexibility index (Phi) is 7.47. The van der Waals surface area contributed by atoms with Gasteiger partial charge in [0.05, 0.1) is 11.8 Å². The van der Waals surface area contributed by atoms with Gasteiger partial charge in [0, 0.05) is 31.1 Å². The molecule has 176 valence electrons. The zero-order valence-corrected chi connectivity index (χ0v) is 19.8. The lowest BCUT2D eigenvalue weighted by molar-refractivity contribution is 0.0703. The summed E-state index contributed by atoms with van der Waals surface area (Å²) < 4.78 is 0. The van der Waals surface area contributed by atoms with Crippen LogP contribution in [0.25, 0.3) is 10.2 Å². The highest BCUT2D eigenvalue weighted by Gasteiger charge is 2.24. The van der Waals surface area contributed by atoms with E-state index in [2.05, 4.69) is 23.2 Å². The van der Waals surface area contributed by atoms with Crippen molar-refractivity contribution < 1.29 is 15.0 Å². The van der Waals surface area contributed by atoms with Crippen molar-refractivity contribution in [3.05, 3.63) is 52.4 Å². The molecular weight excluding hydrogens is 436 g/mol. The Morgan fingerprint density at radius 3 is 2.70 bits per heavy atom. The molecule has 0 spiro atoms. The molecule has 8 heteroatoms. The predicted octanol–water partition coefficient (Wildman–Crippen LogP) is 3.69. The molecule has 1 saturated heterocycles. The van der Waals surface area contributed by atoms with Crippen LogP contribution in [0.15, 0.2) is 36.4 Å². The number of nitrogens with two attached hydrogens (primary N) is 1. The van der Waals surface area contributed by atoms with Gasteiger partial charge in [-0.2, -0.15) is 0 Å². The van der Waals surface area contributed by atoms with Crippen LogP contribution in [0.4, 0.5) is 11.5 Å². The van der Waals surface area contributed by atoms with E-state index in [0.29, 0.717) is 29.5 Å². The number of nitrogens with one attached hydrogen (secondary N) is 1. The van der Waals surface area contributed by atoms with Crippen LogP contribution >= 0.6 is 11.3 Å². The zero-order valence-electron chi connectivity index (χ0n) is 19.0. The maximum absolute atomic E-state index is 11.6. The van der Waals surface area contributed by atoms with Gasteiger partial charge in [0.15, 0.2) is 0 Å². The van der Waals surface area contributed by atoms with Crippen LogP contribution in [-0.2, 0) is 12.8 Å². The van der Waals surface area contributed by atoms with Crippen molar-refractivity contribution in [1.82, 2.24) is 10.3 Å². The summed E-state index contributed by atoms with van der Waals surface area (Å²) in [6.07, 6.45) is 3.97. The average Bonchev–Trinajstić information content (AvgIpc) is 3.16. The summed E-state index contributed by atoms with van der Waals surface area (Å²) in [7, 11) is 0. The largest absolute Gasteiger partial charge is 0.477 e. The van der Waals surface area contributed by atoms with Crippen molar-refractivity contribution in [3.8, 4) is 0 Å². The van der Waals surface area contributed by atoms with Gasteiger partial charge in [-0.05, 0) is 42.9 Å². The Morgan fingerprint density at radius 1 is 1.30 bits per heavy atom. The number of hydrogen-bond acceptors (Lipinski definition) is 7. The van der Waals surface area contributed by atoms with Gasteiger partial charge in [-0.1, -0.05) is 43.7 Å². The minimum Gasteiger partial charge on any atom is -0.477 e. The second kappa shape index (κ2) is 10.5. The van der Waals surface area contributed by atoms with E-state index in [9.17, 15) is 15.0 Å². The number of nitrogens with zero attached hydrogens (tertiary/aromatic N) is 2. The van der Waals surface area contributed by atoms with Gasteiger partial charge in [0.2, 0.25) is 0 Å². The first kappa shape index (κ1) is 23.5. The van der Waals surface area contributed by atoms with Gasteiger partial charge < -0.3 is 26.2 Å². The van der Waals surface area contributed by atoms with E-state index in [-0.39, 0.29) is 4.88 Å². The quantitative estimate of drug-likeness (QED) is 0.379. The molecule has 0 amide bonds. The number of aryl methyl sites for hydroxylation is 1. The first-order chi connectivity index (χ1) is 16.0. The molecule has 4 rings (SSSR count). The number of thiophene rings is 1. The summed E-state index contributed by atoms with van der Waals surface area (Å²) in [6, 6.07) is 12.5. The minimum atomic E-state index is -0.999. The van der Waals surface area contributed by atoms with Crippen molar-refractivity contribution in [2.24, 2.45) is 0 Å². The number of nitrogen functional groups attached to an aromatic ring is 1. The number of piperidine rings is 1. The number of pyridine rings is 1. The van der Waals surface area contributed by atoms with E-state index in [4.69, 9.17) is 10.7 Å². The van der Waals surface area contributed by atoms with Crippen LogP contribution in [0, 0.1) is 0 Å². The maximum atomic E-state index is 11.6. The highest BCUT2D eigenvalue weighted by molar-refractivity contribution is 7.21. The van der Waals surface area contributed by atoms with Gasteiger partial charge in [0.1, 0.15) is 15.5 Å². The van der Waals surface area contributed by atoms with Crippen molar-refractivity contribution >= 4 is 39.0 Å². The van der Waals surface area contributed by atoms with Crippen LogP contribution in [0.2, 0.25) is 0 Å². The number of rotatable bonds is 9. The molecule has 33 heavy (non-hydrogen) atoms. The molecule has 1 atom stereocenters. The first-order valence-corrected chi connectivity index (χ1v) is 12.4. The van der Waals surface area contributed by atoms with Gasteiger partial charge >= 0.3 is 5.97 Å². The predicted molar refractivity (Wildman–Crippen MR) is 134 cm³/mol. The third kappa shape index (κ3) is 5.46. The van der Waals surface area contributed by atoms with E-state index < -0.39 is 12.1 Å². The number of aromatic nitrogens is 1. The van der Waals surface area contributed by atoms with Gasteiger partial charge in [-0.25, -0.2) is 9.78 Å². The standard InChI is InChI=1S/C25H32N4O3S/c1-2-6-17-14-20(28-24-21(17)22(26)23(33-24)25(31)32)29-11-9-18(10-12-29)27-15-19(30)13-16-7-4-3-5-8-16/h3-5,7-8,14,18-19,27,30H,2,6,9-13,15,26H2,1H3,(H,31,32). The molecule has 1 fully saturated rings. The molecule has 3 heterocycles. The van der Waals surface area contributed by atoms with E-state index in [0.717, 1.165) is 72.4 Å². The van der Waals surface area contributed by atoms with Crippen molar-refractivity contribution in [3.63, 3.8) is 0 Å². The summed E-state index contributed by atoms with van der Waals surface area (Å²) in [5.41, 5.74) is 8.72. The van der Waals surface area contributed by atoms with Crippen LogP contribution in [0.3, 0.4) is 0 Å². The number of aliphatic hydroxyl groups is 1. The summed E-state index contributed by atoms with van der Waals surface area (Å²) in [6.45, 7) is 4.42. The lowest BCUT2D eigenvalue weighted by atomic mass is 10.0. The first-order valence-electron chi connectivity index (χ1n) is 11.6. The highest BCUT2D eigenvalue weighted by atomic mass is 32.1. The fraction of sp³-hybridized carbons (Fsp3) is 0.440. The zero-order chi connectivity index (χ0) is 23.4. The molecule has 0 saturated carbocycles. The molecule has 2 aromatic heterocycles. The molecule has 0 bridgehead atoms. The molecule has 1 aliphatic heterocycles. The van der Waals surface area contributed by atoms with Crippen LogP contribution in [0.1, 0.15) is 47.0 Å². The Hall–Kier alpha value is -2.68. The molecule has 0 aliphatic carbocycles. The number of fused-ring (bicyclic) bond motifs is 1. The Bertz CT molecular complexity index is 1090. The fourth-order valence-electron chi connectivity index (χ4n) is 4.55. The number of carboxylic acids is 1. The second-order valence-corrected chi connectivity index (χ2v) is 9.73. The smallest absolute Gasteiger partial charge is 0.348 e. The minimum absolute atomic E-state index is 0.170. The Morgan fingerprint density at radius 2 is 2.03 bits per heavy atom. The number of aromatic carboxylic acids is 1. The van der Waals surface area contributed by atoms with Crippen LogP contribution in [0.5, 0.6) is 0 Å². The molecule has 3 aromatic rings. The summed E-state index contributed by atoms with van der Waals surface area (Å²) in [5, 5.41) is 24.2. The Balaban J connectivity index is 1.39. The monoisotopic (exact) mass is 468 g/mol. The number of anilines is 2. The lowest BCUT2D eigenvalue weighted by Gasteiger charge is -2.34. The van der Waals surface area contributed by atoms with Crippen LogP contribution < -0.4 is 16.0 Å². The van der Waals surface area contributed by atoms with Crippen molar-refractivity contribution in [1.29, 1.82) is 0 Å². The second-order valence-electron chi connectivity index (χ2n) is 8.73. The van der Waals surface area contributed by atoms with Gasteiger partial charge in [-0.3, -0.25) is 0 Å². The van der Waals surface area contributed by atoms with Gasteiger partial charge in [0.25, 0.3) is 0 Å². The number of aliphatic hydroxyl groups excluding tert-OH is 1. The lowest BCUT2D eigenvalue weighted by Crippen LogP contribution is -2.45. The van der Waals surface area contributed by atoms with E-state index in [1.165, 1.54) is 0 Å². The van der Waals surface area contributed by atoms with E-state index in [1.54, 1.807) is 0 Å².